The van der Waals surface area contributed by atoms with Crippen molar-refractivity contribution < 1.29 is 14.0 Å². The van der Waals surface area contributed by atoms with E-state index in [0.717, 1.165) is 12.0 Å². The number of halogens is 1. The molecule has 2 rings (SSSR count). The number of benzene rings is 1. The van der Waals surface area contributed by atoms with Gasteiger partial charge in [0.1, 0.15) is 5.82 Å². The van der Waals surface area contributed by atoms with Crippen molar-refractivity contribution in [2.75, 3.05) is 6.54 Å². The van der Waals surface area contributed by atoms with Gasteiger partial charge >= 0.3 is 0 Å². The van der Waals surface area contributed by atoms with Crippen LogP contribution in [0.15, 0.2) is 18.2 Å². The molecule has 1 aliphatic heterocycles. The molecule has 90 valence electrons. The maximum atomic E-state index is 13.6. The van der Waals surface area contributed by atoms with E-state index in [1.54, 1.807) is 6.07 Å². The van der Waals surface area contributed by atoms with Crippen LogP contribution >= 0.6 is 0 Å². The lowest BCUT2D eigenvalue weighted by atomic mass is 9.89. The maximum absolute atomic E-state index is 13.6. The summed E-state index contributed by atoms with van der Waals surface area (Å²) in [6, 6.07) is 4.61. The lowest BCUT2D eigenvalue weighted by Crippen LogP contribution is -2.32. The number of hydrogen-bond acceptors (Lipinski definition) is 2. The van der Waals surface area contributed by atoms with Crippen molar-refractivity contribution in [3.8, 4) is 0 Å². The van der Waals surface area contributed by atoms with Crippen molar-refractivity contribution in [2.24, 2.45) is 0 Å². The molecule has 0 saturated carbocycles. The van der Waals surface area contributed by atoms with Crippen LogP contribution in [0.2, 0.25) is 0 Å². The van der Waals surface area contributed by atoms with Crippen LogP contribution < -0.4 is 5.32 Å². The van der Waals surface area contributed by atoms with Crippen molar-refractivity contribution in [2.45, 2.75) is 25.7 Å². The molecular formula is C13H14FNO2. The van der Waals surface area contributed by atoms with Crippen LogP contribution in [0.5, 0.6) is 0 Å². The van der Waals surface area contributed by atoms with E-state index in [0.29, 0.717) is 13.0 Å². The highest BCUT2D eigenvalue weighted by atomic mass is 19.1. The van der Waals surface area contributed by atoms with E-state index < -0.39 is 5.82 Å². The Labute approximate surface area is 99.0 Å². The average molecular weight is 235 g/mol. The van der Waals surface area contributed by atoms with E-state index in [-0.39, 0.29) is 23.2 Å². The lowest BCUT2D eigenvalue weighted by molar-refractivity contribution is -0.122. The third-order valence-electron chi connectivity index (χ3n) is 3.09. The summed E-state index contributed by atoms with van der Waals surface area (Å²) >= 11 is 0. The van der Waals surface area contributed by atoms with Gasteiger partial charge in [0, 0.05) is 13.0 Å². The molecule has 1 unspecified atom stereocenters. The van der Waals surface area contributed by atoms with E-state index in [9.17, 15) is 14.0 Å². The molecule has 1 aromatic rings. The molecule has 1 heterocycles. The SMILES string of the molecule is CC(=O)c1ccc(C2CCNC(=O)C2)cc1F. The van der Waals surface area contributed by atoms with Crippen molar-refractivity contribution >= 4 is 11.7 Å². The highest BCUT2D eigenvalue weighted by Crippen LogP contribution is 2.27. The highest BCUT2D eigenvalue weighted by molar-refractivity contribution is 5.94. The van der Waals surface area contributed by atoms with Gasteiger partial charge < -0.3 is 5.32 Å². The summed E-state index contributed by atoms with van der Waals surface area (Å²) in [6.07, 6.45) is 1.20. The number of hydrogen-bond donors (Lipinski definition) is 1. The second kappa shape index (κ2) is 4.65. The minimum Gasteiger partial charge on any atom is -0.356 e. The molecule has 4 heteroatoms. The number of carbonyl (C=O) groups is 2. The number of Topliss-reactive ketones (excluding diaryl/α,β-unsaturated/α-hetero) is 1. The van der Waals surface area contributed by atoms with E-state index in [2.05, 4.69) is 5.32 Å². The lowest BCUT2D eigenvalue weighted by Gasteiger charge is -2.22. The molecule has 3 nitrogen and oxygen atoms in total. The molecule has 1 atom stereocenters. The van der Waals surface area contributed by atoms with Crippen LogP contribution in [0.1, 0.15) is 41.6 Å². The normalized spacial score (nSPS) is 19.9. The number of nitrogens with one attached hydrogen (secondary N) is 1. The maximum Gasteiger partial charge on any atom is 0.220 e. The number of carbonyl (C=O) groups excluding carboxylic acids is 2. The summed E-state index contributed by atoms with van der Waals surface area (Å²) in [5, 5.41) is 2.74. The molecule has 1 amide bonds. The number of amides is 1. The van der Waals surface area contributed by atoms with E-state index in [1.807, 2.05) is 0 Å². The van der Waals surface area contributed by atoms with Crippen LogP contribution in [-0.4, -0.2) is 18.2 Å². The van der Waals surface area contributed by atoms with E-state index in [1.165, 1.54) is 19.1 Å². The Bertz CT molecular complexity index is 470. The topological polar surface area (TPSA) is 46.2 Å². The van der Waals surface area contributed by atoms with Gasteiger partial charge in [-0.2, -0.15) is 0 Å². The summed E-state index contributed by atoms with van der Waals surface area (Å²) < 4.78 is 13.6. The van der Waals surface area contributed by atoms with Gasteiger partial charge in [0.15, 0.2) is 5.78 Å². The van der Waals surface area contributed by atoms with Crippen LogP contribution in [0, 0.1) is 5.82 Å². The molecule has 0 aliphatic carbocycles. The number of piperidine rings is 1. The van der Waals surface area contributed by atoms with Gasteiger partial charge in [-0.05, 0) is 37.0 Å². The Morgan fingerprint density at radius 3 is 2.82 bits per heavy atom. The standard InChI is InChI=1S/C13H14FNO2/c1-8(16)11-3-2-9(6-12(11)14)10-4-5-15-13(17)7-10/h2-3,6,10H,4-5,7H2,1H3,(H,15,17). The van der Waals surface area contributed by atoms with Gasteiger partial charge in [-0.1, -0.05) is 6.07 Å². The smallest absolute Gasteiger partial charge is 0.220 e. The molecule has 17 heavy (non-hydrogen) atoms. The zero-order valence-electron chi connectivity index (χ0n) is 9.63. The summed E-state index contributed by atoms with van der Waals surface area (Å²) in [5.41, 5.74) is 0.899. The largest absolute Gasteiger partial charge is 0.356 e. The molecule has 0 aromatic heterocycles. The zero-order chi connectivity index (χ0) is 12.4. The van der Waals surface area contributed by atoms with Crippen molar-refractivity contribution in [3.63, 3.8) is 0 Å². The monoisotopic (exact) mass is 235 g/mol. The van der Waals surface area contributed by atoms with Gasteiger partial charge in [-0.15, -0.1) is 0 Å². The van der Waals surface area contributed by atoms with Crippen LogP contribution in [-0.2, 0) is 4.79 Å². The zero-order valence-corrected chi connectivity index (χ0v) is 9.63. The summed E-state index contributed by atoms with van der Waals surface area (Å²) in [4.78, 5) is 22.3. The summed E-state index contributed by atoms with van der Waals surface area (Å²) in [6.45, 7) is 1.96. The first-order valence-electron chi connectivity index (χ1n) is 5.65. The third-order valence-corrected chi connectivity index (χ3v) is 3.09. The van der Waals surface area contributed by atoms with Gasteiger partial charge in [-0.25, -0.2) is 4.39 Å². The molecule has 1 saturated heterocycles. The van der Waals surface area contributed by atoms with Crippen molar-refractivity contribution in [3.05, 3.63) is 35.1 Å². The van der Waals surface area contributed by atoms with Crippen LogP contribution in [0.3, 0.4) is 0 Å². The third kappa shape index (κ3) is 2.52. The summed E-state index contributed by atoms with van der Waals surface area (Å²) in [5.74, 6) is -0.729. The molecule has 0 spiro atoms. The first-order valence-corrected chi connectivity index (χ1v) is 5.65. The minimum absolute atomic E-state index is 0.00250. The van der Waals surface area contributed by atoms with Gasteiger partial charge in [0.25, 0.3) is 0 Å². The van der Waals surface area contributed by atoms with Gasteiger partial charge in [0.05, 0.1) is 5.56 Å². The Morgan fingerprint density at radius 2 is 2.24 bits per heavy atom. The Kier molecular flexibility index (Phi) is 3.22. The number of ketones is 1. The quantitative estimate of drug-likeness (QED) is 0.797. The predicted octanol–water partition coefficient (Wildman–Crippen LogP) is 2.02. The highest BCUT2D eigenvalue weighted by Gasteiger charge is 2.21. The Hall–Kier alpha value is -1.71. The van der Waals surface area contributed by atoms with E-state index in [4.69, 9.17) is 0 Å². The average Bonchev–Trinajstić information content (AvgIpc) is 2.28. The molecule has 1 aromatic carbocycles. The fourth-order valence-corrected chi connectivity index (χ4v) is 2.14. The first-order chi connectivity index (χ1) is 8.08. The fourth-order valence-electron chi connectivity index (χ4n) is 2.14. The van der Waals surface area contributed by atoms with Gasteiger partial charge in [0.2, 0.25) is 5.91 Å². The van der Waals surface area contributed by atoms with Crippen molar-refractivity contribution in [1.82, 2.24) is 5.32 Å². The Morgan fingerprint density at radius 1 is 1.47 bits per heavy atom. The van der Waals surface area contributed by atoms with Crippen LogP contribution in [0.4, 0.5) is 4.39 Å². The fraction of sp³-hybridized carbons (Fsp3) is 0.385. The predicted molar refractivity (Wildman–Crippen MR) is 61.4 cm³/mol. The molecular weight excluding hydrogens is 221 g/mol. The van der Waals surface area contributed by atoms with Gasteiger partial charge in [-0.3, -0.25) is 9.59 Å². The first kappa shape index (κ1) is 11.8. The van der Waals surface area contributed by atoms with Crippen LogP contribution in [0.25, 0.3) is 0 Å². The second-order valence-corrected chi connectivity index (χ2v) is 4.34. The summed E-state index contributed by atoms with van der Waals surface area (Å²) in [7, 11) is 0. The van der Waals surface area contributed by atoms with E-state index >= 15 is 0 Å². The number of rotatable bonds is 2. The molecule has 1 aliphatic rings. The molecule has 1 fully saturated rings. The molecule has 0 bridgehead atoms. The molecule has 0 radical (unpaired) electrons. The Balaban J connectivity index is 2.25. The second-order valence-electron chi connectivity index (χ2n) is 4.34. The molecule has 1 N–H and O–H groups in total. The minimum atomic E-state index is -0.499. The van der Waals surface area contributed by atoms with Crippen molar-refractivity contribution in [1.29, 1.82) is 0 Å².